The molecule has 0 spiro atoms. The number of hydrogen-bond acceptors (Lipinski definition) is 1. The minimum atomic E-state index is -0.528. The van der Waals surface area contributed by atoms with Crippen molar-refractivity contribution in [2.75, 3.05) is 0 Å². The zero-order chi connectivity index (χ0) is 36.6. The van der Waals surface area contributed by atoms with Gasteiger partial charge in [-0.25, -0.2) is 9.98 Å². The molecule has 3 nitrogen and oxygen atoms in total. The Bertz CT molecular complexity index is 2820. The molecule has 10 rings (SSSR count). The second kappa shape index (κ2) is 13.7. The number of rotatable bonds is 7. The van der Waals surface area contributed by atoms with Crippen LogP contribution in [0.25, 0.3) is 44.1 Å². The Morgan fingerprint density at radius 3 is 1.75 bits per heavy atom. The molecule has 9 aromatic rings. The third kappa shape index (κ3) is 5.52. The Kier molecular flexibility index (Phi) is 8.11. The number of amidine groups is 1. The van der Waals surface area contributed by atoms with E-state index in [4.69, 9.17) is 9.98 Å². The van der Waals surface area contributed by atoms with Gasteiger partial charge in [-0.05, 0) is 74.3 Å². The summed E-state index contributed by atoms with van der Waals surface area (Å²) in [5.41, 5.74) is 13.8. The minimum absolute atomic E-state index is 0.418. The van der Waals surface area contributed by atoms with E-state index in [-0.39, 0.29) is 0 Å². The number of hydrogen-bond donors (Lipinski definition) is 0. The largest absolute Gasteiger partial charge is 0.320 e. The van der Waals surface area contributed by atoms with E-state index < -0.39 is 5.41 Å². The Balaban J connectivity index is 1.22. The predicted molar refractivity (Wildman–Crippen MR) is 229 cm³/mol. The van der Waals surface area contributed by atoms with Crippen LogP contribution in [0, 0.1) is 0 Å². The molecule has 0 amide bonds. The van der Waals surface area contributed by atoms with Crippen molar-refractivity contribution >= 4 is 33.9 Å². The smallest absolute Gasteiger partial charge is 0.156 e. The molecule has 0 bridgehead atoms. The van der Waals surface area contributed by atoms with Crippen LogP contribution in [0.2, 0.25) is 0 Å². The van der Waals surface area contributed by atoms with Gasteiger partial charge in [0.15, 0.2) is 5.84 Å². The number of benzene rings is 8. The molecule has 1 heterocycles. The second-order valence-corrected chi connectivity index (χ2v) is 14.1. The molecule has 1 aliphatic rings. The summed E-state index contributed by atoms with van der Waals surface area (Å²) in [6.45, 7) is 0.418. The zero-order valence-electron chi connectivity index (χ0n) is 30.3. The lowest BCUT2D eigenvalue weighted by atomic mass is 9.67. The number of aromatic nitrogens is 1. The molecular formula is C52H37N3. The zero-order valence-corrected chi connectivity index (χ0v) is 30.3. The molecule has 55 heavy (non-hydrogen) atoms. The number of fused-ring (bicyclic) bond motifs is 6. The number of aliphatic imine (C=N–C) groups is 2. The van der Waals surface area contributed by atoms with Crippen LogP contribution in [0.4, 0.5) is 0 Å². The van der Waals surface area contributed by atoms with E-state index in [9.17, 15) is 0 Å². The highest BCUT2D eigenvalue weighted by Crippen LogP contribution is 2.58. The van der Waals surface area contributed by atoms with E-state index in [1.807, 2.05) is 42.6 Å². The average molecular weight is 704 g/mol. The van der Waals surface area contributed by atoms with Crippen molar-refractivity contribution < 1.29 is 0 Å². The highest BCUT2D eigenvalue weighted by atomic mass is 15.1. The summed E-state index contributed by atoms with van der Waals surface area (Å²) in [7, 11) is 0. The van der Waals surface area contributed by atoms with Gasteiger partial charge >= 0.3 is 0 Å². The molecule has 8 aromatic carbocycles. The minimum Gasteiger partial charge on any atom is -0.320 e. The first-order valence-electron chi connectivity index (χ1n) is 18.8. The van der Waals surface area contributed by atoms with Gasteiger partial charge in [-0.3, -0.25) is 0 Å². The fourth-order valence-corrected chi connectivity index (χ4v) is 8.60. The van der Waals surface area contributed by atoms with Crippen LogP contribution in [-0.4, -0.2) is 16.6 Å². The lowest BCUT2D eigenvalue weighted by Gasteiger charge is -2.34. The van der Waals surface area contributed by atoms with Crippen LogP contribution in [0.15, 0.2) is 216 Å². The van der Waals surface area contributed by atoms with Crippen molar-refractivity contribution in [3.05, 3.63) is 240 Å². The normalized spacial score (nSPS) is 13.3. The summed E-state index contributed by atoms with van der Waals surface area (Å²) < 4.78 is 2.36. The van der Waals surface area contributed by atoms with Crippen LogP contribution < -0.4 is 0 Å². The quantitative estimate of drug-likeness (QED) is 0.117. The predicted octanol–water partition coefficient (Wildman–Crippen LogP) is 12.3. The van der Waals surface area contributed by atoms with Crippen molar-refractivity contribution in [3.8, 4) is 22.3 Å². The van der Waals surface area contributed by atoms with Crippen molar-refractivity contribution in [1.29, 1.82) is 0 Å². The summed E-state index contributed by atoms with van der Waals surface area (Å²) in [6, 6.07) is 74.0. The van der Waals surface area contributed by atoms with Crippen LogP contribution in [0.5, 0.6) is 0 Å². The van der Waals surface area contributed by atoms with E-state index in [0.29, 0.717) is 12.5 Å². The van der Waals surface area contributed by atoms with Gasteiger partial charge in [0.1, 0.15) is 6.67 Å². The number of para-hydroxylation sites is 1. The lowest BCUT2D eigenvalue weighted by Crippen LogP contribution is -2.28. The SMILES string of the molecule is C(=N\C(=N/Cn1c2ccccc2c2cc3c(cc21)-c1ccc(-c2ccccc2)cc1C3(c1ccccc1)c1ccccc1)c1ccccc1)/c1ccccc1. The van der Waals surface area contributed by atoms with Crippen molar-refractivity contribution in [3.63, 3.8) is 0 Å². The van der Waals surface area contributed by atoms with Crippen LogP contribution >= 0.6 is 0 Å². The first-order chi connectivity index (χ1) is 27.3. The molecule has 1 aromatic heterocycles. The second-order valence-electron chi connectivity index (χ2n) is 14.1. The first kappa shape index (κ1) is 32.5. The highest BCUT2D eigenvalue weighted by Gasteiger charge is 2.46. The van der Waals surface area contributed by atoms with Gasteiger partial charge in [-0.2, -0.15) is 0 Å². The van der Waals surface area contributed by atoms with Gasteiger partial charge in [0.2, 0.25) is 0 Å². The fourth-order valence-electron chi connectivity index (χ4n) is 8.60. The summed E-state index contributed by atoms with van der Waals surface area (Å²) in [5.74, 6) is 0.697. The third-order valence-corrected chi connectivity index (χ3v) is 11.1. The van der Waals surface area contributed by atoms with Crippen molar-refractivity contribution in [1.82, 2.24) is 4.57 Å². The van der Waals surface area contributed by atoms with E-state index >= 15 is 0 Å². The van der Waals surface area contributed by atoms with Gasteiger partial charge in [-0.15, -0.1) is 0 Å². The monoisotopic (exact) mass is 703 g/mol. The lowest BCUT2D eigenvalue weighted by molar-refractivity contribution is 0.769. The van der Waals surface area contributed by atoms with Crippen LogP contribution in [0.3, 0.4) is 0 Å². The highest BCUT2D eigenvalue weighted by molar-refractivity contribution is 6.11. The van der Waals surface area contributed by atoms with E-state index in [1.54, 1.807) is 0 Å². The molecule has 0 unspecified atom stereocenters. The van der Waals surface area contributed by atoms with Crippen molar-refractivity contribution in [2.24, 2.45) is 9.98 Å². The molecule has 3 heteroatoms. The Hall–Kier alpha value is -7.10. The Morgan fingerprint density at radius 1 is 0.473 bits per heavy atom. The van der Waals surface area contributed by atoms with Gasteiger partial charge < -0.3 is 4.57 Å². The Morgan fingerprint density at radius 2 is 1.05 bits per heavy atom. The molecule has 0 atom stereocenters. The molecule has 1 aliphatic carbocycles. The summed E-state index contributed by atoms with van der Waals surface area (Å²) in [5, 5.41) is 2.42. The molecule has 0 saturated carbocycles. The maximum absolute atomic E-state index is 5.24. The maximum Gasteiger partial charge on any atom is 0.156 e. The van der Waals surface area contributed by atoms with Crippen molar-refractivity contribution in [2.45, 2.75) is 12.1 Å². The fraction of sp³-hybridized carbons (Fsp3) is 0.0385. The summed E-state index contributed by atoms with van der Waals surface area (Å²) >= 11 is 0. The van der Waals surface area contributed by atoms with E-state index in [1.165, 1.54) is 55.3 Å². The third-order valence-electron chi connectivity index (χ3n) is 11.1. The topological polar surface area (TPSA) is 29.6 Å². The maximum atomic E-state index is 5.24. The molecule has 0 radical (unpaired) electrons. The molecule has 0 saturated heterocycles. The van der Waals surface area contributed by atoms with E-state index in [2.05, 4.69) is 174 Å². The van der Waals surface area contributed by atoms with Crippen LogP contribution in [-0.2, 0) is 12.1 Å². The van der Waals surface area contributed by atoms with Gasteiger partial charge in [-0.1, -0.05) is 182 Å². The Labute approximate surface area is 321 Å². The molecular weight excluding hydrogens is 667 g/mol. The molecule has 260 valence electrons. The molecule has 0 N–H and O–H groups in total. The van der Waals surface area contributed by atoms with Crippen LogP contribution in [0.1, 0.15) is 33.4 Å². The first-order valence-corrected chi connectivity index (χ1v) is 18.8. The summed E-state index contributed by atoms with van der Waals surface area (Å²) in [6.07, 6.45) is 1.90. The average Bonchev–Trinajstić information content (AvgIpc) is 3.73. The van der Waals surface area contributed by atoms with Gasteiger partial charge in [0, 0.05) is 22.6 Å². The standard InChI is InChI=1S/C52H37N3/c1-6-18-37(19-7-1)35-53-51(39-22-10-3-11-23-39)54-36-55-49-29-17-16-28-44(49)46-33-48-45(34-50(46)55)43-31-30-40(38-20-8-2-9-21-38)32-47(43)52(48,41-24-12-4-13-25-41)42-26-14-5-15-27-42/h1-35H,36H2/b53-35+,54-51-. The summed E-state index contributed by atoms with van der Waals surface area (Å²) in [4.78, 5) is 10.2. The number of nitrogens with zero attached hydrogens (tertiary/aromatic N) is 3. The molecule has 0 aliphatic heterocycles. The van der Waals surface area contributed by atoms with Gasteiger partial charge in [0.05, 0.1) is 16.4 Å². The molecule has 0 fully saturated rings. The van der Waals surface area contributed by atoms with E-state index in [0.717, 1.165) is 22.2 Å². The van der Waals surface area contributed by atoms with Gasteiger partial charge in [0.25, 0.3) is 0 Å².